The lowest BCUT2D eigenvalue weighted by Gasteiger charge is -2.32. The van der Waals surface area contributed by atoms with Gasteiger partial charge in [0.05, 0.1) is 24.1 Å². The summed E-state index contributed by atoms with van der Waals surface area (Å²) >= 11 is 1.41. The number of piperidine rings is 1. The van der Waals surface area contributed by atoms with Crippen molar-refractivity contribution in [2.45, 2.75) is 37.1 Å². The van der Waals surface area contributed by atoms with E-state index in [1.807, 2.05) is 31.2 Å². The SMILES string of the molecule is CCC(=O)NC1CCCN(CC(=O)Nc2ccccc2SCC#N)C1. The number of likely N-dealkylation sites (tertiary alicyclic amines) is 1. The Morgan fingerprint density at radius 1 is 1.36 bits per heavy atom. The van der Waals surface area contributed by atoms with Crippen molar-refractivity contribution in [3.8, 4) is 6.07 Å². The van der Waals surface area contributed by atoms with Crippen molar-refractivity contribution < 1.29 is 9.59 Å². The molecule has 0 bridgehead atoms. The standard InChI is InChI=1S/C18H24N4O2S/c1-2-17(23)20-14-6-5-10-22(12-14)13-18(24)21-15-7-3-4-8-16(15)25-11-9-19/h3-4,7-8,14H,2,5-6,10-13H2,1H3,(H,20,23)(H,21,24). The summed E-state index contributed by atoms with van der Waals surface area (Å²) in [5.41, 5.74) is 0.737. The Balaban J connectivity index is 1.88. The highest BCUT2D eigenvalue weighted by Crippen LogP contribution is 2.26. The molecular weight excluding hydrogens is 336 g/mol. The number of para-hydroxylation sites is 1. The minimum atomic E-state index is -0.0764. The van der Waals surface area contributed by atoms with Crippen molar-refractivity contribution in [3.63, 3.8) is 0 Å². The maximum atomic E-state index is 12.4. The van der Waals surface area contributed by atoms with Gasteiger partial charge in [-0.25, -0.2) is 0 Å². The van der Waals surface area contributed by atoms with Gasteiger partial charge in [0.1, 0.15) is 0 Å². The van der Waals surface area contributed by atoms with Crippen LogP contribution in [0.5, 0.6) is 0 Å². The summed E-state index contributed by atoms with van der Waals surface area (Å²) in [6.07, 6.45) is 2.40. The molecule has 134 valence electrons. The summed E-state index contributed by atoms with van der Waals surface area (Å²) < 4.78 is 0. The van der Waals surface area contributed by atoms with Gasteiger partial charge in [-0.3, -0.25) is 14.5 Å². The van der Waals surface area contributed by atoms with Crippen LogP contribution in [0.1, 0.15) is 26.2 Å². The Bertz CT molecular complexity index is 644. The number of thioether (sulfide) groups is 1. The van der Waals surface area contributed by atoms with Crippen molar-refractivity contribution in [1.29, 1.82) is 5.26 Å². The van der Waals surface area contributed by atoms with Crippen LogP contribution in [0.25, 0.3) is 0 Å². The first-order valence-electron chi connectivity index (χ1n) is 8.52. The van der Waals surface area contributed by atoms with E-state index in [1.54, 1.807) is 0 Å². The molecule has 1 atom stereocenters. The number of nitrogens with zero attached hydrogens (tertiary/aromatic N) is 2. The largest absolute Gasteiger partial charge is 0.352 e. The van der Waals surface area contributed by atoms with E-state index in [0.717, 1.165) is 30.0 Å². The number of nitrogens with one attached hydrogen (secondary N) is 2. The van der Waals surface area contributed by atoms with E-state index in [-0.39, 0.29) is 17.9 Å². The van der Waals surface area contributed by atoms with Gasteiger partial charge in [-0.1, -0.05) is 19.1 Å². The smallest absolute Gasteiger partial charge is 0.238 e. The number of benzene rings is 1. The summed E-state index contributed by atoms with van der Waals surface area (Å²) in [4.78, 5) is 26.9. The van der Waals surface area contributed by atoms with Gasteiger partial charge in [-0.15, -0.1) is 11.8 Å². The van der Waals surface area contributed by atoms with Crippen molar-refractivity contribution in [1.82, 2.24) is 10.2 Å². The molecule has 1 aliphatic rings. The lowest BCUT2D eigenvalue weighted by Crippen LogP contribution is -2.49. The van der Waals surface area contributed by atoms with Crippen molar-refractivity contribution in [2.75, 3.05) is 30.7 Å². The molecule has 2 N–H and O–H groups in total. The first-order chi connectivity index (χ1) is 12.1. The van der Waals surface area contributed by atoms with Crippen LogP contribution in [0.4, 0.5) is 5.69 Å². The van der Waals surface area contributed by atoms with E-state index in [0.29, 0.717) is 25.3 Å². The van der Waals surface area contributed by atoms with Gasteiger partial charge in [-0.2, -0.15) is 5.26 Å². The van der Waals surface area contributed by atoms with Crippen LogP contribution < -0.4 is 10.6 Å². The summed E-state index contributed by atoms with van der Waals surface area (Å²) in [5.74, 6) is 0.324. The molecule has 0 radical (unpaired) electrons. The Morgan fingerprint density at radius 2 is 2.16 bits per heavy atom. The van der Waals surface area contributed by atoms with Gasteiger partial charge in [0, 0.05) is 23.9 Å². The molecule has 1 unspecified atom stereocenters. The number of nitriles is 1. The molecule has 1 aromatic carbocycles. The summed E-state index contributed by atoms with van der Waals surface area (Å²) in [6, 6.07) is 9.71. The summed E-state index contributed by atoms with van der Waals surface area (Å²) in [5, 5.41) is 14.7. The van der Waals surface area contributed by atoms with Crippen molar-refractivity contribution >= 4 is 29.3 Å². The molecule has 1 aromatic rings. The van der Waals surface area contributed by atoms with Gasteiger partial charge in [0.25, 0.3) is 0 Å². The lowest BCUT2D eigenvalue weighted by atomic mass is 10.1. The molecule has 1 fully saturated rings. The van der Waals surface area contributed by atoms with E-state index in [4.69, 9.17) is 5.26 Å². The number of amides is 2. The molecule has 2 amide bonds. The molecule has 1 saturated heterocycles. The van der Waals surface area contributed by atoms with Crippen LogP contribution in [-0.2, 0) is 9.59 Å². The van der Waals surface area contributed by atoms with Crippen molar-refractivity contribution in [3.05, 3.63) is 24.3 Å². The maximum absolute atomic E-state index is 12.4. The minimum Gasteiger partial charge on any atom is -0.352 e. The Labute approximate surface area is 153 Å². The van der Waals surface area contributed by atoms with Gasteiger partial charge in [-0.05, 0) is 31.5 Å². The second-order valence-corrected chi connectivity index (χ2v) is 7.00. The molecule has 6 nitrogen and oxygen atoms in total. The van der Waals surface area contributed by atoms with Crippen molar-refractivity contribution in [2.24, 2.45) is 0 Å². The second kappa shape index (κ2) is 10.1. The monoisotopic (exact) mass is 360 g/mol. The number of hydrogen-bond donors (Lipinski definition) is 2. The Kier molecular flexibility index (Phi) is 7.76. The average Bonchev–Trinajstić information content (AvgIpc) is 2.61. The predicted octanol–water partition coefficient (Wildman–Crippen LogP) is 2.23. The zero-order valence-electron chi connectivity index (χ0n) is 14.5. The molecule has 0 saturated carbocycles. The Hall–Kier alpha value is -2.04. The fourth-order valence-electron chi connectivity index (χ4n) is 2.85. The summed E-state index contributed by atoms with van der Waals surface area (Å²) in [6.45, 7) is 3.70. The topological polar surface area (TPSA) is 85.2 Å². The zero-order chi connectivity index (χ0) is 18.1. The number of carbonyl (C=O) groups excluding carboxylic acids is 2. The van der Waals surface area contributed by atoms with E-state index in [9.17, 15) is 9.59 Å². The molecule has 1 heterocycles. The summed E-state index contributed by atoms with van der Waals surface area (Å²) in [7, 11) is 0. The predicted molar refractivity (Wildman–Crippen MR) is 99.3 cm³/mol. The number of hydrogen-bond acceptors (Lipinski definition) is 5. The van der Waals surface area contributed by atoms with Gasteiger partial charge >= 0.3 is 0 Å². The third-order valence-corrected chi connectivity index (χ3v) is 4.95. The van der Waals surface area contributed by atoms with Crippen LogP contribution >= 0.6 is 11.8 Å². The average molecular weight is 360 g/mol. The molecule has 0 spiro atoms. The maximum Gasteiger partial charge on any atom is 0.238 e. The first-order valence-corrected chi connectivity index (χ1v) is 9.51. The second-order valence-electron chi connectivity index (χ2n) is 5.99. The quantitative estimate of drug-likeness (QED) is 0.729. The van der Waals surface area contributed by atoms with E-state index in [2.05, 4.69) is 21.6 Å². The van der Waals surface area contributed by atoms with Crippen LogP contribution in [-0.4, -0.2) is 48.1 Å². The molecule has 7 heteroatoms. The minimum absolute atomic E-state index is 0.0553. The molecule has 0 aliphatic carbocycles. The third kappa shape index (κ3) is 6.40. The highest BCUT2D eigenvalue weighted by atomic mass is 32.2. The zero-order valence-corrected chi connectivity index (χ0v) is 15.3. The molecule has 25 heavy (non-hydrogen) atoms. The molecular formula is C18H24N4O2S. The van der Waals surface area contributed by atoms with Crippen LogP contribution in [0, 0.1) is 11.3 Å². The number of anilines is 1. The molecule has 2 rings (SSSR count). The molecule has 1 aliphatic heterocycles. The van der Waals surface area contributed by atoms with Crippen LogP contribution in [0.15, 0.2) is 29.2 Å². The van der Waals surface area contributed by atoms with E-state index >= 15 is 0 Å². The van der Waals surface area contributed by atoms with Gasteiger partial charge < -0.3 is 10.6 Å². The van der Waals surface area contributed by atoms with Gasteiger partial charge in [0.15, 0.2) is 0 Å². The van der Waals surface area contributed by atoms with Gasteiger partial charge in [0.2, 0.25) is 11.8 Å². The molecule has 0 aromatic heterocycles. The number of rotatable bonds is 7. The Morgan fingerprint density at radius 3 is 2.92 bits per heavy atom. The fraction of sp³-hybridized carbons (Fsp3) is 0.500. The highest BCUT2D eigenvalue weighted by molar-refractivity contribution is 7.99. The van der Waals surface area contributed by atoms with Crippen LogP contribution in [0.2, 0.25) is 0 Å². The highest BCUT2D eigenvalue weighted by Gasteiger charge is 2.22. The van der Waals surface area contributed by atoms with Crippen LogP contribution in [0.3, 0.4) is 0 Å². The van der Waals surface area contributed by atoms with E-state index in [1.165, 1.54) is 11.8 Å². The fourth-order valence-corrected chi connectivity index (χ4v) is 3.51. The van der Waals surface area contributed by atoms with E-state index < -0.39 is 0 Å². The number of carbonyl (C=O) groups is 2. The first kappa shape index (κ1) is 19.3. The normalized spacial score (nSPS) is 17.5. The third-order valence-electron chi connectivity index (χ3n) is 4.01. The lowest BCUT2D eigenvalue weighted by molar-refractivity contribution is -0.121.